The molecule has 2 fully saturated rings. The smallest absolute Gasteiger partial charge is 0.264 e. The third kappa shape index (κ3) is 1.95. The third-order valence-corrected chi connectivity index (χ3v) is 6.12. The number of thiophene rings is 1. The Morgan fingerprint density at radius 3 is 2.83 bits per heavy atom. The molecule has 2 bridgehead atoms. The van der Waals surface area contributed by atoms with Crippen molar-refractivity contribution < 1.29 is 4.79 Å². The highest BCUT2D eigenvalue weighted by Crippen LogP contribution is 2.34. The van der Waals surface area contributed by atoms with Gasteiger partial charge in [-0.05, 0) is 38.1 Å². The van der Waals surface area contributed by atoms with Gasteiger partial charge in [-0.15, -0.1) is 11.3 Å². The van der Waals surface area contributed by atoms with E-state index >= 15 is 0 Å². The molecule has 1 amide bonds. The molecule has 5 heterocycles. The van der Waals surface area contributed by atoms with Crippen LogP contribution in [-0.4, -0.2) is 57.3 Å². The van der Waals surface area contributed by atoms with Crippen LogP contribution >= 0.6 is 11.3 Å². The Kier molecular flexibility index (Phi) is 2.81. The highest BCUT2D eigenvalue weighted by atomic mass is 32.1. The lowest BCUT2D eigenvalue weighted by Gasteiger charge is -2.39. The van der Waals surface area contributed by atoms with Gasteiger partial charge in [0.1, 0.15) is 10.5 Å². The number of rotatable bonds is 1. The zero-order chi connectivity index (χ0) is 15.6. The molecule has 6 heteroatoms. The number of aromatic nitrogens is 2. The summed E-state index contributed by atoms with van der Waals surface area (Å²) >= 11 is 1.52. The first-order valence-corrected chi connectivity index (χ1v) is 8.90. The standard InChI is InChI=1S/C17H18N4OS/c1-19-9-11-5-6-12(10-19)21(11)17(22)14-8-13-16(23-14)18-15-4-2-3-7-20(13)15/h2-4,7-8,11-12H,5-6,9-10H2,1H3. The van der Waals surface area contributed by atoms with Gasteiger partial charge in [-0.2, -0.15) is 0 Å². The Bertz CT molecular complexity index is 900. The van der Waals surface area contributed by atoms with E-state index in [0.717, 1.165) is 46.8 Å². The fraction of sp³-hybridized carbons (Fsp3) is 0.412. The molecular formula is C17H18N4OS. The Morgan fingerprint density at radius 2 is 2.04 bits per heavy atom. The molecule has 5 nitrogen and oxygen atoms in total. The maximum absolute atomic E-state index is 13.1. The van der Waals surface area contributed by atoms with Crippen molar-refractivity contribution in [2.75, 3.05) is 20.1 Å². The van der Waals surface area contributed by atoms with Crippen molar-refractivity contribution in [2.24, 2.45) is 0 Å². The Morgan fingerprint density at radius 1 is 1.26 bits per heavy atom. The van der Waals surface area contributed by atoms with Crippen LogP contribution in [0, 0.1) is 0 Å². The van der Waals surface area contributed by atoms with E-state index < -0.39 is 0 Å². The second-order valence-electron chi connectivity index (χ2n) is 6.66. The van der Waals surface area contributed by atoms with Gasteiger partial charge in [0.05, 0.1) is 10.4 Å². The molecule has 2 aliphatic heterocycles. The molecule has 118 valence electrons. The highest BCUT2D eigenvalue weighted by Gasteiger charge is 2.42. The minimum Gasteiger partial charge on any atom is -0.329 e. The topological polar surface area (TPSA) is 40.8 Å². The monoisotopic (exact) mass is 326 g/mol. The van der Waals surface area contributed by atoms with E-state index in [4.69, 9.17) is 0 Å². The number of carbonyl (C=O) groups excluding carboxylic acids is 1. The van der Waals surface area contributed by atoms with Gasteiger partial charge in [0.25, 0.3) is 5.91 Å². The first kappa shape index (κ1) is 13.5. The van der Waals surface area contributed by atoms with Crippen LogP contribution in [0.3, 0.4) is 0 Å². The minimum atomic E-state index is 0.193. The van der Waals surface area contributed by atoms with Crippen molar-refractivity contribution in [3.8, 4) is 0 Å². The Labute approximate surface area is 138 Å². The summed E-state index contributed by atoms with van der Waals surface area (Å²) in [5.41, 5.74) is 1.97. The van der Waals surface area contributed by atoms with Crippen LogP contribution in [0.15, 0.2) is 30.5 Å². The van der Waals surface area contributed by atoms with Gasteiger partial charge < -0.3 is 9.80 Å². The van der Waals surface area contributed by atoms with E-state index in [1.54, 1.807) is 0 Å². The first-order chi connectivity index (χ1) is 11.2. The van der Waals surface area contributed by atoms with Gasteiger partial charge >= 0.3 is 0 Å². The van der Waals surface area contributed by atoms with E-state index in [2.05, 4.69) is 26.2 Å². The summed E-state index contributed by atoms with van der Waals surface area (Å²) in [7, 11) is 2.15. The fourth-order valence-corrected chi connectivity index (χ4v) is 5.11. The molecule has 23 heavy (non-hydrogen) atoms. The van der Waals surface area contributed by atoms with Crippen molar-refractivity contribution in [2.45, 2.75) is 24.9 Å². The van der Waals surface area contributed by atoms with Crippen molar-refractivity contribution in [3.05, 3.63) is 35.3 Å². The van der Waals surface area contributed by atoms with Gasteiger partial charge in [-0.25, -0.2) is 4.98 Å². The predicted molar refractivity (Wildman–Crippen MR) is 91.1 cm³/mol. The first-order valence-electron chi connectivity index (χ1n) is 8.08. The average molecular weight is 326 g/mol. The number of pyridine rings is 1. The second kappa shape index (κ2) is 4.79. The molecule has 0 spiro atoms. The summed E-state index contributed by atoms with van der Waals surface area (Å²) in [5, 5.41) is 0. The maximum Gasteiger partial charge on any atom is 0.264 e. The summed E-state index contributed by atoms with van der Waals surface area (Å²) in [6, 6.07) is 8.74. The van der Waals surface area contributed by atoms with Gasteiger partial charge in [0.2, 0.25) is 0 Å². The van der Waals surface area contributed by atoms with Crippen molar-refractivity contribution >= 4 is 33.2 Å². The van der Waals surface area contributed by atoms with Crippen LogP contribution in [-0.2, 0) is 0 Å². The molecular weight excluding hydrogens is 308 g/mol. The molecule has 0 aliphatic carbocycles. The predicted octanol–water partition coefficient (Wildman–Crippen LogP) is 2.47. The van der Waals surface area contributed by atoms with Crippen LogP contribution in [0.5, 0.6) is 0 Å². The fourth-order valence-electron chi connectivity index (χ4n) is 4.14. The zero-order valence-electron chi connectivity index (χ0n) is 13.0. The Hall–Kier alpha value is -1.92. The van der Waals surface area contributed by atoms with Crippen LogP contribution in [0.25, 0.3) is 16.0 Å². The van der Waals surface area contributed by atoms with Crippen LogP contribution in [0.4, 0.5) is 0 Å². The number of piperazine rings is 1. The lowest BCUT2D eigenvalue weighted by atomic mass is 10.2. The van der Waals surface area contributed by atoms with Gasteiger partial charge in [0.15, 0.2) is 0 Å². The third-order valence-electron chi connectivity index (χ3n) is 5.12. The van der Waals surface area contributed by atoms with Gasteiger partial charge in [0, 0.05) is 31.4 Å². The molecule has 0 radical (unpaired) electrons. The largest absolute Gasteiger partial charge is 0.329 e. The van der Waals surface area contributed by atoms with Crippen LogP contribution in [0.2, 0.25) is 0 Å². The molecule has 0 aromatic carbocycles. The molecule has 3 aromatic heterocycles. The highest BCUT2D eigenvalue weighted by molar-refractivity contribution is 7.20. The van der Waals surface area contributed by atoms with E-state index in [1.807, 2.05) is 30.5 Å². The van der Waals surface area contributed by atoms with Gasteiger partial charge in [-0.1, -0.05) is 6.07 Å². The normalized spacial score (nSPS) is 24.8. The number of nitrogens with zero attached hydrogens (tertiary/aromatic N) is 4. The average Bonchev–Trinajstić information content (AvgIpc) is 3.16. The number of likely N-dealkylation sites (N-methyl/N-ethyl adjacent to an activating group) is 1. The van der Waals surface area contributed by atoms with Gasteiger partial charge in [-0.3, -0.25) is 9.20 Å². The Balaban J connectivity index is 1.54. The molecule has 2 saturated heterocycles. The molecule has 0 N–H and O–H groups in total. The molecule has 2 aliphatic rings. The lowest BCUT2D eigenvalue weighted by Crippen LogP contribution is -2.54. The van der Waals surface area contributed by atoms with E-state index in [9.17, 15) is 4.79 Å². The SMILES string of the molecule is CN1CC2CCC(C1)N2C(=O)c1cc2c(nc3ccccn32)s1. The number of hydrogen-bond donors (Lipinski definition) is 0. The van der Waals surface area contributed by atoms with E-state index in [-0.39, 0.29) is 5.91 Å². The maximum atomic E-state index is 13.1. The molecule has 0 saturated carbocycles. The van der Waals surface area contributed by atoms with Crippen LogP contribution < -0.4 is 0 Å². The summed E-state index contributed by atoms with van der Waals surface area (Å²) in [5.74, 6) is 0.193. The molecule has 2 unspecified atom stereocenters. The number of amides is 1. The van der Waals surface area contributed by atoms with Crippen molar-refractivity contribution in [1.82, 2.24) is 19.2 Å². The molecule has 5 rings (SSSR count). The number of likely N-dealkylation sites (tertiary alicyclic amines) is 1. The summed E-state index contributed by atoms with van der Waals surface area (Å²) < 4.78 is 2.06. The minimum absolute atomic E-state index is 0.193. The quantitative estimate of drug-likeness (QED) is 0.690. The molecule has 3 aromatic rings. The number of fused-ring (bicyclic) bond motifs is 5. The van der Waals surface area contributed by atoms with Crippen molar-refractivity contribution in [1.29, 1.82) is 0 Å². The number of hydrogen-bond acceptors (Lipinski definition) is 4. The second-order valence-corrected chi connectivity index (χ2v) is 7.69. The summed E-state index contributed by atoms with van der Waals surface area (Å²) in [6.45, 7) is 1.99. The summed E-state index contributed by atoms with van der Waals surface area (Å²) in [4.78, 5) is 23.9. The number of carbonyl (C=O) groups is 1. The lowest BCUT2D eigenvalue weighted by molar-refractivity contribution is 0.0477. The zero-order valence-corrected chi connectivity index (χ0v) is 13.8. The number of imidazole rings is 1. The van der Waals surface area contributed by atoms with E-state index in [1.165, 1.54) is 11.3 Å². The van der Waals surface area contributed by atoms with Crippen LogP contribution in [0.1, 0.15) is 22.5 Å². The van der Waals surface area contributed by atoms with Crippen molar-refractivity contribution in [3.63, 3.8) is 0 Å². The summed E-state index contributed by atoms with van der Waals surface area (Å²) in [6.07, 6.45) is 4.27. The van der Waals surface area contributed by atoms with E-state index in [0.29, 0.717) is 12.1 Å². The molecule has 2 atom stereocenters.